The van der Waals surface area contributed by atoms with Crippen LogP contribution in [0.2, 0.25) is 5.02 Å². The molecule has 0 heterocycles. The highest BCUT2D eigenvalue weighted by Crippen LogP contribution is 2.27. The van der Waals surface area contributed by atoms with Gasteiger partial charge < -0.3 is 4.74 Å². The Bertz CT molecular complexity index is 797. The fraction of sp³-hybridized carbons (Fsp3) is 0.250. The van der Waals surface area contributed by atoms with Gasteiger partial charge in [-0.3, -0.25) is 0 Å². The van der Waals surface area contributed by atoms with Gasteiger partial charge in [0.15, 0.2) is 0 Å². The first-order chi connectivity index (χ1) is 10.8. The van der Waals surface area contributed by atoms with E-state index in [9.17, 15) is 8.42 Å². The molecule has 0 aliphatic rings. The number of hydrogen-bond donors (Lipinski definition) is 1. The zero-order chi connectivity index (χ0) is 17.1. The number of ether oxygens (including phenoxy) is 1. The number of hydrogen-bond acceptors (Lipinski definition) is 3. The van der Waals surface area contributed by atoms with Crippen molar-refractivity contribution in [2.75, 3.05) is 13.7 Å². The lowest BCUT2D eigenvalue weighted by molar-refractivity contribution is 0.00698. The zero-order valence-electron chi connectivity index (χ0n) is 12.7. The molecule has 0 aromatic heterocycles. The molecule has 23 heavy (non-hydrogen) atoms. The van der Waals surface area contributed by atoms with Crippen molar-refractivity contribution < 1.29 is 13.2 Å². The highest BCUT2D eigenvalue weighted by Gasteiger charge is 2.29. The summed E-state index contributed by atoms with van der Waals surface area (Å²) in [6.07, 6.45) is 0. The first-order valence-electron chi connectivity index (χ1n) is 6.84. The maximum absolute atomic E-state index is 12.5. The van der Waals surface area contributed by atoms with Crippen LogP contribution in [0.5, 0.6) is 0 Å². The number of halogens is 2. The van der Waals surface area contributed by atoms with Crippen molar-refractivity contribution in [2.24, 2.45) is 0 Å². The molecular formula is C16H17BrClNO3S. The van der Waals surface area contributed by atoms with E-state index in [0.29, 0.717) is 9.50 Å². The minimum atomic E-state index is -3.66. The molecule has 7 heteroatoms. The summed E-state index contributed by atoms with van der Waals surface area (Å²) < 4.78 is 33.6. The third kappa shape index (κ3) is 4.33. The van der Waals surface area contributed by atoms with Gasteiger partial charge in [-0.1, -0.05) is 35.9 Å². The third-order valence-corrected chi connectivity index (χ3v) is 6.26. The van der Waals surface area contributed by atoms with Crippen LogP contribution in [0.4, 0.5) is 0 Å². The highest BCUT2D eigenvalue weighted by molar-refractivity contribution is 9.10. The minimum absolute atomic E-state index is 0.0769. The molecule has 2 aromatic carbocycles. The largest absolute Gasteiger partial charge is 0.372 e. The van der Waals surface area contributed by atoms with Gasteiger partial charge in [-0.05, 0) is 52.7 Å². The monoisotopic (exact) mass is 417 g/mol. The van der Waals surface area contributed by atoms with E-state index in [-0.39, 0.29) is 11.4 Å². The van der Waals surface area contributed by atoms with Crippen LogP contribution < -0.4 is 4.72 Å². The minimum Gasteiger partial charge on any atom is -0.372 e. The van der Waals surface area contributed by atoms with Crippen LogP contribution in [-0.4, -0.2) is 22.1 Å². The smallest absolute Gasteiger partial charge is 0.241 e. The van der Waals surface area contributed by atoms with Crippen LogP contribution in [0, 0.1) is 0 Å². The predicted molar refractivity (Wildman–Crippen MR) is 95.1 cm³/mol. The van der Waals surface area contributed by atoms with Gasteiger partial charge in [0.05, 0.1) is 4.90 Å². The van der Waals surface area contributed by atoms with Crippen LogP contribution in [0.15, 0.2) is 57.9 Å². The van der Waals surface area contributed by atoms with Crippen molar-refractivity contribution in [2.45, 2.75) is 17.4 Å². The summed E-state index contributed by atoms with van der Waals surface area (Å²) in [6.45, 7) is 1.88. The number of benzene rings is 2. The van der Waals surface area contributed by atoms with Crippen molar-refractivity contribution >= 4 is 37.6 Å². The fourth-order valence-electron chi connectivity index (χ4n) is 2.08. The lowest BCUT2D eigenvalue weighted by atomic mass is 9.96. The first-order valence-corrected chi connectivity index (χ1v) is 9.49. The summed E-state index contributed by atoms with van der Waals surface area (Å²) in [5.74, 6) is 0. The van der Waals surface area contributed by atoms with Gasteiger partial charge in [-0.15, -0.1) is 0 Å². The molecule has 2 aromatic rings. The summed E-state index contributed by atoms with van der Waals surface area (Å²) in [5.41, 5.74) is -0.0403. The molecule has 0 aliphatic heterocycles. The maximum atomic E-state index is 12.5. The molecule has 0 spiro atoms. The quantitative estimate of drug-likeness (QED) is 0.773. The molecule has 1 N–H and O–H groups in total. The Hall–Kier alpha value is -0.920. The van der Waals surface area contributed by atoms with E-state index in [1.165, 1.54) is 13.2 Å². The number of sulfonamides is 1. The Morgan fingerprint density at radius 2 is 1.91 bits per heavy atom. The van der Waals surface area contributed by atoms with E-state index in [2.05, 4.69) is 20.7 Å². The molecule has 4 nitrogen and oxygen atoms in total. The average Bonchev–Trinajstić information content (AvgIpc) is 2.53. The molecule has 0 bridgehead atoms. The van der Waals surface area contributed by atoms with Gasteiger partial charge in [0.1, 0.15) is 5.60 Å². The summed E-state index contributed by atoms with van der Waals surface area (Å²) >= 11 is 9.27. The summed E-state index contributed by atoms with van der Waals surface area (Å²) in [7, 11) is -2.13. The van der Waals surface area contributed by atoms with Gasteiger partial charge in [0.25, 0.3) is 0 Å². The van der Waals surface area contributed by atoms with Crippen molar-refractivity contribution in [1.29, 1.82) is 0 Å². The van der Waals surface area contributed by atoms with Crippen molar-refractivity contribution in [3.05, 3.63) is 63.6 Å². The van der Waals surface area contributed by atoms with Gasteiger partial charge in [-0.2, -0.15) is 0 Å². The predicted octanol–water partition coefficient (Wildman–Crippen LogP) is 3.94. The van der Waals surface area contributed by atoms with Crippen LogP contribution in [0.1, 0.15) is 12.5 Å². The molecule has 0 aliphatic carbocycles. The molecular weight excluding hydrogens is 402 g/mol. The molecule has 1 atom stereocenters. The molecule has 0 amide bonds. The molecule has 2 rings (SSSR count). The first kappa shape index (κ1) is 18.4. The Labute approximate surface area is 150 Å². The van der Waals surface area contributed by atoms with Gasteiger partial charge in [0, 0.05) is 23.1 Å². The van der Waals surface area contributed by atoms with Crippen LogP contribution in [-0.2, 0) is 20.4 Å². The second kappa shape index (κ2) is 7.32. The molecule has 0 saturated heterocycles. The van der Waals surface area contributed by atoms with E-state index in [1.807, 2.05) is 6.07 Å². The van der Waals surface area contributed by atoms with Gasteiger partial charge in [0.2, 0.25) is 10.0 Å². The zero-order valence-corrected chi connectivity index (χ0v) is 15.9. The van der Waals surface area contributed by atoms with Crippen LogP contribution in [0.3, 0.4) is 0 Å². The molecule has 0 saturated carbocycles. The molecule has 0 unspecified atom stereocenters. The van der Waals surface area contributed by atoms with E-state index >= 15 is 0 Å². The standard InChI is InChI=1S/C16H17BrClNO3S/c1-16(22-2,12-6-5-7-13(18)10-12)11-19-23(20,21)15-9-4-3-8-14(15)17/h3-10,19H,11H2,1-2H3/t16-/m1/s1. The number of rotatable bonds is 6. The highest BCUT2D eigenvalue weighted by atomic mass is 79.9. The average molecular weight is 419 g/mol. The lowest BCUT2D eigenvalue weighted by Gasteiger charge is -2.29. The van der Waals surface area contributed by atoms with Crippen LogP contribution >= 0.6 is 27.5 Å². The fourth-order valence-corrected chi connectivity index (χ4v) is 4.40. The molecule has 124 valence electrons. The van der Waals surface area contributed by atoms with E-state index in [0.717, 1.165) is 5.56 Å². The Morgan fingerprint density at radius 1 is 1.22 bits per heavy atom. The maximum Gasteiger partial charge on any atom is 0.241 e. The van der Waals surface area contributed by atoms with E-state index < -0.39 is 15.6 Å². The van der Waals surface area contributed by atoms with Crippen molar-refractivity contribution in [1.82, 2.24) is 4.72 Å². The number of nitrogens with one attached hydrogen (secondary N) is 1. The third-order valence-electron chi connectivity index (χ3n) is 3.61. The summed E-state index contributed by atoms with van der Waals surface area (Å²) in [5, 5.41) is 0.569. The lowest BCUT2D eigenvalue weighted by Crippen LogP contribution is -2.40. The molecule has 0 fully saturated rings. The van der Waals surface area contributed by atoms with E-state index in [4.69, 9.17) is 16.3 Å². The second-order valence-corrected chi connectivity index (χ2v) is 8.23. The van der Waals surface area contributed by atoms with E-state index in [1.54, 1.807) is 43.3 Å². The molecule has 0 radical (unpaired) electrons. The normalized spacial score (nSPS) is 14.4. The Balaban J connectivity index is 2.25. The van der Waals surface area contributed by atoms with Crippen LogP contribution in [0.25, 0.3) is 0 Å². The van der Waals surface area contributed by atoms with Crippen molar-refractivity contribution in [3.63, 3.8) is 0 Å². The Kier molecular flexibility index (Phi) is 5.86. The Morgan fingerprint density at radius 3 is 2.52 bits per heavy atom. The SMILES string of the molecule is CO[C@](C)(CNS(=O)(=O)c1ccccc1Br)c1cccc(Cl)c1. The van der Waals surface area contributed by atoms with Crippen molar-refractivity contribution in [3.8, 4) is 0 Å². The topological polar surface area (TPSA) is 55.4 Å². The number of methoxy groups -OCH3 is 1. The summed E-state index contributed by atoms with van der Waals surface area (Å²) in [6, 6.07) is 13.8. The second-order valence-electron chi connectivity index (χ2n) is 5.20. The summed E-state index contributed by atoms with van der Waals surface area (Å²) in [4.78, 5) is 0.185. The van der Waals surface area contributed by atoms with Gasteiger partial charge >= 0.3 is 0 Å². The van der Waals surface area contributed by atoms with Gasteiger partial charge in [-0.25, -0.2) is 13.1 Å².